The number of hydrogen-bond donors (Lipinski definition) is 1. The number of nitrogens with zero attached hydrogens (tertiary/aromatic N) is 2. The van der Waals surface area contributed by atoms with Crippen molar-refractivity contribution >= 4 is 23.2 Å². The second kappa shape index (κ2) is 7.40. The lowest BCUT2D eigenvalue weighted by molar-refractivity contribution is -0.155. The highest BCUT2D eigenvalue weighted by Crippen LogP contribution is 2.32. The highest BCUT2D eigenvalue weighted by molar-refractivity contribution is 7.13. The molecule has 2 heterocycles. The summed E-state index contributed by atoms with van der Waals surface area (Å²) in [5.74, 6) is -1.01. The van der Waals surface area contributed by atoms with Crippen molar-refractivity contribution < 1.29 is 19.4 Å². The molecule has 7 heteroatoms. The van der Waals surface area contributed by atoms with Crippen LogP contribution in [0, 0.1) is 12.3 Å². The molecule has 128 valence electrons. The topological polar surface area (TPSA) is 79.7 Å². The monoisotopic (exact) mass is 340 g/mol. The lowest BCUT2D eigenvalue weighted by Crippen LogP contribution is -2.52. The third-order valence-electron chi connectivity index (χ3n) is 4.24. The van der Waals surface area contributed by atoms with E-state index in [1.807, 2.05) is 6.92 Å². The summed E-state index contributed by atoms with van der Waals surface area (Å²) < 4.78 is 5.11. The molecule has 6 nitrogen and oxygen atoms in total. The van der Waals surface area contributed by atoms with E-state index in [0.29, 0.717) is 24.3 Å². The number of methoxy groups -OCH3 is 1. The van der Waals surface area contributed by atoms with Crippen molar-refractivity contribution in [1.82, 2.24) is 9.88 Å². The molecule has 1 unspecified atom stereocenters. The average Bonchev–Trinajstić information content (AvgIpc) is 2.88. The van der Waals surface area contributed by atoms with Crippen LogP contribution in [0.4, 0.5) is 0 Å². The van der Waals surface area contributed by atoms with Gasteiger partial charge in [0.1, 0.15) is 10.3 Å². The number of ether oxygens (including phenoxy) is 1. The van der Waals surface area contributed by atoms with Crippen LogP contribution in [0.15, 0.2) is 0 Å². The predicted octanol–water partition coefficient (Wildman–Crippen LogP) is 2.36. The molecule has 1 aromatic rings. The third-order valence-corrected chi connectivity index (χ3v) is 5.44. The van der Waals surface area contributed by atoms with Gasteiger partial charge in [0.2, 0.25) is 0 Å². The summed E-state index contributed by atoms with van der Waals surface area (Å²) in [4.78, 5) is 31.2. The first-order valence-electron chi connectivity index (χ1n) is 7.91. The number of aryl methyl sites for hydroxylation is 2. The zero-order valence-corrected chi connectivity index (χ0v) is 14.7. The number of amides is 1. The molecule has 1 aliphatic rings. The minimum absolute atomic E-state index is 0.108. The van der Waals surface area contributed by atoms with E-state index in [-0.39, 0.29) is 19.1 Å². The van der Waals surface area contributed by atoms with E-state index in [2.05, 4.69) is 11.9 Å². The Bertz CT molecular complexity index is 583. The number of rotatable bonds is 6. The van der Waals surface area contributed by atoms with Crippen molar-refractivity contribution in [2.45, 2.75) is 39.5 Å². The summed E-state index contributed by atoms with van der Waals surface area (Å²) in [7, 11) is 1.50. The average molecular weight is 340 g/mol. The van der Waals surface area contributed by atoms with Crippen LogP contribution in [0.1, 0.15) is 46.6 Å². The molecule has 0 aromatic carbocycles. The van der Waals surface area contributed by atoms with E-state index in [1.54, 1.807) is 4.90 Å². The van der Waals surface area contributed by atoms with Crippen LogP contribution in [0.5, 0.6) is 0 Å². The standard InChI is InChI=1S/C16H24N2O4S/c1-4-6-12-17-11(2)13(23-12)14(19)18-8-5-7-16(9-18,10-22-3)15(20)21/h4-10H2,1-3H3,(H,20,21). The summed E-state index contributed by atoms with van der Waals surface area (Å²) in [5.41, 5.74) is -0.269. The number of carboxylic acid groups (broad SMARTS) is 1. The van der Waals surface area contributed by atoms with Crippen molar-refractivity contribution in [1.29, 1.82) is 0 Å². The molecular formula is C16H24N2O4S. The van der Waals surface area contributed by atoms with Crippen molar-refractivity contribution in [3.8, 4) is 0 Å². The number of carbonyl (C=O) groups is 2. The maximum absolute atomic E-state index is 12.8. The predicted molar refractivity (Wildman–Crippen MR) is 87.9 cm³/mol. The van der Waals surface area contributed by atoms with E-state index < -0.39 is 11.4 Å². The van der Waals surface area contributed by atoms with Crippen LogP contribution >= 0.6 is 11.3 Å². The molecule has 0 saturated carbocycles. The lowest BCUT2D eigenvalue weighted by Gasteiger charge is -2.39. The van der Waals surface area contributed by atoms with Gasteiger partial charge >= 0.3 is 5.97 Å². The van der Waals surface area contributed by atoms with Gasteiger partial charge < -0.3 is 14.7 Å². The molecule has 1 saturated heterocycles. The van der Waals surface area contributed by atoms with E-state index in [4.69, 9.17) is 4.74 Å². The van der Waals surface area contributed by atoms with Gasteiger partial charge in [0.25, 0.3) is 5.91 Å². The molecule has 1 aliphatic heterocycles. The van der Waals surface area contributed by atoms with Crippen LogP contribution in [0.25, 0.3) is 0 Å². The Balaban J connectivity index is 2.20. The lowest BCUT2D eigenvalue weighted by atomic mass is 9.80. The molecule has 2 rings (SSSR count). The number of likely N-dealkylation sites (tertiary alicyclic amines) is 1. The first-order chi connectivity index (χ1) is 10.9. The van der Waals surface area contributed by atoms with Crippen LogP contribution in [-0.4, -0.2) is 53.7 Å². The minimum atomic E-state index is -1.01. The maximum atomic E-state index is 12.8. The van der Waals surface area contributed by atoms with Crippen molar-refractivity contribution in [3.05, 3.63) is 15.6 Å². The second-order valence-electron chi connectivity index (χ2n) is 6.12. The van der Waals surface area contributed by atoms with Gasteiger partial charge in [-0.3, -0.25) is 9.59 Å². The Kier molecular flexibility index (Phi) is 5.75. The zero-order chi connectivity index (χ0) is 17.0. The highest BCUT2D eigenvalue weighted by atomic mass is 32.1. The number of aromatic nitrogens is 1. The number of carbonyl (C=O) groups excluding carboxylic acids is 1. The molecule has 1 N–H and O–H groups in total. The first kappa shape index (κ1) is 17.9. The summed E-state index contributed by atoms with van der Waals surface area (Å²) in [6, 6.07) is 0. The number of hydrogen-bond acceptors (Lipinski definition) is 5. The normalized spacial score (nSPS) is 21.4. The van der Waals surface area contributed by atoms with Crippen LogP contribution in [0.2, 0.25) is 0 Å². The first-order valence-corrected chi connectivity index (χ1v) is 8.73. The minimum Gasteiger partial charge on any atom is -0.481 e. The Hall–Kier alpha value is -1.47. The van der Waals surface area contributed by atoms with Crippen molar-refractivity contribution in [2.75, 3.05) is 26.8 Å². The maximum Gasteiger partial charge on any atom is 0.313 e. The third kappa shape index (κ3) is 3.72. The molecule has 23 heavy (non-hydrogen) atoms. The molecular weight excluding hydrogens is 316 g/mol. The molecule has 1 atom stereocenters. The fraction of sp³-hybridized carbons (Fsp3) is 0.688. The van der Waals surface area contributed by atoms with Crippen molar-refractivity contribution in [3.63, 3.8) is 0 Å². The van der Waals surface area contributed by atoms with Crippen LogP contribution in [0.3, 0.4) is 0 Å². The fourth-order valence-corrected chi connectivity index (χ4v) is 4.18. The Morgan fingerprint density at radius 3 is 2.83 bits per heavy atom. The SMILES string of the molecule is CCCc1nc(C)c(C(=O)N2CCCC(COC)(C(=O)O)C2)s1. The number of piperidine rings is 1. The van der Waals surface area contributed by atoms with E-state index in [1.165, 1.54) is 18.4 Å². The molecule has 0 spiro atoms. The van der Waals surface area contributed by atoms with Crippen molar-refractivity contribution in [2.24, 2.45) is 5.41 Å². The summed E-state index contributed by atoms with van der Waals surface area (Å²) >= 11 is 1.43. The Morgan fingerprint density at radius 2 is 2.22 bits per heavy atom. The Morgan fingerprint density at radius 1 is 1.48 bits per heavy atom. The van der Waals surface area contributed by atoms with Gasteiger partial charge in [0.15, 0.2) is 0 Å². The van der Waals surface area contributed by atoms with Gasteiger partial charge in [-0.05, 0) is 32.6 Å². The van der Waals surface area contributed by atoms with Gasteiger partial charge in [0.05, 0.1) is 17.3 Å². The summed E-state index contributed by atoms with van der Waals surface area (Å²) in [5, 5.41) is 10.6. The van der Waals surface area contributed by atoms with E-state index in [9.17, 15) is 14.7 Å². The van der Waals surface area contributed by atoms with Crippen LogP contribution in [-0.2, 0) is 16.0 Å². The second-order valence-corrected chi connectivity index (χ2v) is 7.20. The van der Waals surface area contributed by atoms with Gasteiger partial charge in [-0.2, -0.15) is 0 Å². The largest absolute Gasteiger partial charge is 0.481 e. The van der Waals surface area contributed by atoms with E-state index in [0.717, 1.165) is 23.5 Å². The van der Waals surface area contributed by atoms with E-state index >= 15 is 0 Å². The zero-order valence-electron chi connectivity index (χ0n) is 13.9. The smallest absolute Gasteiger partial charge is 0.313 e. The van der Waals surface area contributed by atoms with Gasteiger partial charge in [0, 0.05) is 20.2 Å². The van der Waals surface area contributed by atoms with Crippen LogP contribution < -0.4 is 0 Å². The number of thiazole rings is 1. The number of aliphatic carboxylic acids is 1. The molecule has 0 aliphatic carbocycles. The Labute approximate surface area is 140 Å². The molecule has 0 bridgehead atoms. The molecule has 1 aromatic heterocycles. The van der Waals surface area contributed by atoms with Gasteiger partial charge in [-0.25, -0.2) is 4.98 Å². The summed E-state index contributed by atoms with van der Waals surface area (Å²) in [6.45, 7) is 4.81. The summed E-state index contributed by atoms with van der Waals surface area (Å²) in [6.07, 6.45) is 3.05. The number of carboxylic acids is 1. The quantitative estimate of drug-likeness (QED) is 0.860. The molecule has 1 fully saturated rings. The molecule has 1 amide bonds. The van der Waals surface area contributed by atoms with Gasteiger partial charge in [-0.15, -0.1) is 11.3 Å². The molecule has 0 radical (unpaired) electrons. The fourth-order valence-electron chi connectivity index (χ4n) is 3.05. The highest BCUT2D eigenvalue weighted by Gasteiger charge is 2.44. The van der Waals surface area contributed by atoms with Gasteiger partial charge in [-0.1, -0.05) is 6.92 Å².